The molecule has 0 atom stereocenters. The standard InChI is InChI=1S/C19H26N2O2.C7H8.C2H6.CH2O.H2O/c1-3-4-9-21-13-18(15-7-10-20(2)11-8-15)17-12-16(23-14-22)5-6-19(17)21;1-7-5-3-2-4-6-7;2*1-2;/h5-6,12-15H,3-4,7-11H2,1-2H3;2-6H,1H3;1-2H3;1H2;1H2. The summed E-state index contributed by atoms with van der Waals surface area (Å²) in [6.07, 6.45) is 7.10. The Hall–Kier alpha value is -2.96. The molecule has 0 aliphatic carbocycles. The number of rotatable bonds is 6. The number of ether oxygens (including phenoxy) is 1. The van der Waals surface area contributed by atoms with Gasteiger partial charge in [-0.1, -0.05) is 63.1 Å². The lowest BCUT2D eigenvalue weighted by atomic mass is 9.89. The zero-order chi connectivity index (χ0) is 25.3. The molecule has 1 fully saturated rings. The van der Waals surface area contributed by atoms with E-state index in [-0.39, 0.29) is 5.48 Å². The van der Waals surface area contributed by atoms with Crippen molar-refractivity contribution in [1.82, 2.24) is 9.47 Å². The average Bonchev–Trinajstić information content (AvgIpc) is 3.24. The molecule has 1 aliphatic heterocycles. The normalized spacial score (nSPS) is 13.1. The summed E-state index contributed by atoms with van der Waals surface area (Å²) < 4.78 is 7.44. The Balaban J connectivity index is 0.000000814. The average molecular weight is 485 g/mol. The molecule has 1 aromatic heterocycles. The molecule has 0 radical (unpaired) electrons. The Labute approximate surface area is 211 Å². The lowest BCUT2D eigenvalue weighted by Gasteiger charge is -2.28. The Morgan fingerprint density at radius 2 is 1.69 bits per heavy atom. The van der Waals surface area contributed by atoms with Gasteiger partial charge in [-0.05, 0) is 76.0 Å². The zero-order valence-corrected chi connectivity index (χ0v) is 22.1. The van der Waals surface area contributed by atoms with Gasteiger partial charge in [0.2, 0.25) is 0 Å². The van der Waals surface area contributed by atoms with Crippen LogP contribution in [0.3, 0.4) is 0 Å². The number of piperidine rings is 1. The summed E-state index contributed by atoms with van der Waals surface area (Å²) in [6, 6.07) is 16.3. The summed E-state index contributed by atoms with van der Waals surface area (Å²) in [5.41, 5.74) is 3.99. The number of hydrogen-bond donors (Lipinski definition) is 0. The lowest BCUT2D eigenvalue weighted by molar-refractivity contribution is -0.120. The summed E-state index contributed by atoms with van der Waals surface area (Å²) in [6.45, 7) is 14.2. The molecule has 2 N–H and O–H groups in total. The summed E-state index contributed by atoms with van der Waals surface area (Å²) in [7, 11) is 2.19. The minimum atomic E-state index is 0. The van der Waals surface area contributed by atoms with Crippen molar-refractivity contribution in [3.63, 3.8) is 0 Å². The van der Waals surface area contributed by atoms with Crippen molar-refractivity contribution in [1.29, 1.82) is 0 Å². The maximum atomic E-state index is 10.6. The molecule has 1 aliphatic rings. The van der Waals surface area contributed by atoms with Crippen molar-refractivity contribution in [2.75, 3.05) is 20.1 Å². The van der Waals surface area contributed by atoms with Crippen LogP contribution in [0.1, 0.15) is 63.5 Å². The molecule has 0 spiro atoms. The Bertz CT molecular complexity index is 948. The molecule has 0 unspecified atom stereocenters. The molecule has 4 rings (SSSR count). The highest BCUT2D eigenvalue weighted by molar-refractivity contribution is 5.86. The van der Waals surface area contributed by atoms with Gasteiger partial charge in [0.05, 0.1) is 0 Å². The van der Waals surface area contributed by atoms with E-state index in [0.717, 1.165) is 19.6 Å². The largest absolute Gasteiger partial charge is 0.429 e. The van der Waals surface area contributed by atoms with Gasteiger partial charge < -0.3 is 24.5 Å². The van der Waals surface area contributed by atoms with Crippen LogP contribution in [-0.4, -0.2) is 48.3 Å². The highest BCUT2D eigenvalue weighted by atomic mass is 16.5. The van der Waals surface area contributed by atoms with Gasteiger partial charge in [0, 0.05) is 23.6 Å². The van der Waals surface area contributed by atoms with Gasteiger partial charge in [-0.3, -0.25) is 4.79 Å². The highest BCUT2D eigenvalue weighted by Gasteiger charge is 2.22. The van der Waals surface area contributed by atoms with Gasteiger partial charge in [-0.15, -0.1) is 0 Å². The topological polar surface area (TPSA) is 83.0 Å². The summed E-state index contributed by atoms with van der Waals surface area (Å²) in [5, 5.41) is 1.25. The minimum absolute atomic E-state index is 0. The number of likely N-dealkylation sites (tertiary alicyclic amines) is 1. The van der Waals surface area contributed by atoms with Gasteiger partial charge >= 0.3 is 0 Å². The zero-order valence-electron chi connectivity index (χ0n) is 22.1. The first-order valence-electron chi connectivity index (χ1n) is 12.3. The molecule has 0 saturated carbocycles. The number of carbonyl (C=O) groups is 2. The van der Waals surface area contributed by atoms with E-state index in [1.54, 1.807) is 0 Å². The predicted octanol–water partition coefficient (Wildman–Crippen LogP) is 5.80. The van der Waals surface area contributed by atoms with Crippen LogP contribution in [0, 0.1) is 6.92 Å². The SMILES string of the molecule is C=O.CC.CCCCn1cc(C2CCN(C)CC2)c2cc(OC=O)ccc21.Cc1ccccc1.O. The minimum Gasteiger partial charge on any atom is -0.429 e. The second-order valence-corrected chi connectivity index (χ2v) is 8.26. The number of carbonyl (C=O) groups excluding carboxylic acids is 2. The van der Waals surface area contributed by atoms with Crippen LogP contribution in [-0.2, 0) is 16.1 Å². The fourth-order valence-corrected chi connectivity index (χ4v) is 4.13. The van der Waals surface area contributed by atoms with Crippen LogP contribution in [0.2, 0.25) is 0 Å². The maximum absolute atomic E-state index is 10.6. The first-order valence-corrected chi connectivity index (χ1v) is 12.3. The quantitative estimate of drug-likeness (QED) is 0.414. The van der Waals surface area contributed by atoms with E-state index < -0.39 is 0 Å². The van der Waals surface area contributed by atoms with E-state index in [1.807, 2.05) is 51.0 Å². The van der Waals surface area contributed by atoms with Crippen LogP contribution in [0.5, 0.6) is 5.75 Å². The van der Waals surface area contributed by atoms with E-state index in [4.69, 9.17) is 9.53 Å². The third-order valence-electron chi connectivity index (χ3n) is 5.92. The number of benzene rings is 2. The molecular weight excluding hydrogens is 440 g/mol. The third kappa shape index (κ3) is 10.0. The molecule has 2 aromatic carbocycles. The van der Waals surface area contributed by atoms with Gasteiger partial charge in [0.25, 0.3) is 6.47 Å². The molecule has 2 heterocycles. The molecular formula is C29H44N2O4. The first-order chi connectivity index (χ1) is 16.6. The van der Waals surface area contributed by atoms with Crippen LogP contribution in [0.25, 0.3) is 10.9 Å². The van der Waals surface area contributed by atoms with Crippen molar-refractivity contribution in [3.05, 3.63) is 65.9 Å². The molecule has 0 amide bonds. The summed E-state index contributed by atoms with van der Waals surface area (Å²) >= 11 is 0. The highest BCUT2D eigenvalue weighted by Crippen LogP contribution is 2.36. The van der Waals surface area contributed by atoms with Crippen LogP contribution < -0.4 is 4.74 Å². The lowest BCUT2D eigenvalue weighted by Crippen LogP contribution is -2.29. The number of fused-ring (bicyclic) bond motifs is 1. The van der Waals surface area contributed by atoms with Crippen LogP contribution in [0.4, 0.5) is 0 Å². The molecule has 0 bridgehead atoms. The number of nitrogens with zero attached hydrogens (tertiary/aromatic N) is 2. The Kier molecular flexibility index (Phi) is 16.8. The monoisotopic (exact) mass is 484 g/mol. The van der Waals surface area contributed by atoms with Crippen LogP contribution in [0.15, 0.2) is 54.7 Å². The second kappa shape index (κ2) is 18.4. The van der Waals surface area contributed by atoms with Crippen molar-refractivity contribution in [3.8, 4) is 5.75 Å². The molecule has 3 aromatic rings. The van der Waals surface area contributed by atoms with E-state index in [9.17, 15) is 4.79 Å². The fraction of sp³-hybridized carbons (Fsp3) is 0.448. The van der Waals surface area contributed by atoms with E-state index in [2.05, 4.69) is 54.8 Å². The van der Waals surface area contributed by atoms with Crippen molar-refractivity contribution in [2.45, 2.75) is 65.8 Å². The Morgan fingerprint density at radius 1 is 1.06 bits per heavy atom. The molecule has 6 heteroatoms. The van der Waals surface area contributed by atoms with Crippen molar-refractivity contribution >= 4 is 24.2 Å². The molecule has 1 saturated heterocycles. The first kappa shape index (κ1) is 32.0. The van der Waals surface area contributed by atoms with Crippen molar-refractivity contribution in [2.24, 2.45) is 0 Å². The van der Waals surface area contributed by atoms with Gasteiger partial charge in [-0.25, -0.2) is 0 Å². The molecule has 6 nitrogen and oxygen atoms in total. The maximum Gasteiger partial charge on any atom is 0.298 e. The van der Waals surface area contributed by atoms with E-state index in [1.165, 1.54) is 47.7 Å². The van der Waals surface area contributed by atoms with Gasteiger partial charge in [0.15, 0.2) is 0 Å². The second-order valence-electron chi connectivity index (χ2n) is 8.26. The van der Waals surface area contributed by atoms with Gasteiger partial charge in [-0.2, -0.15) is 0 Å². The number of unbranched alkanes of at least 4 members (excludes halogenated alkanes) is 1. The number of aryl methyl sites for hydroxylation is 2. The third-order valence-corrected chi connectivity index (χ3v) is 5.92. The van der Waals surface area contributed by atoms with Gasteiger partial charge in [0.1, 0.15) is 12.5 Å². The van der Waals surface area contributed by atoms with Crippen LogP contribution >= 0.6 is 0 Å². The van der Waals surface area contributed by atoms with E-state index in [0.29, 0.717) is 18.1 Å². The molecule has 35 heavy (non-hydrogen) atoms. The smallest absolute Gasteiger partial charge is 0.298 e. The summed E-state index contributed by atoms with van der Waals surface area (Å²) in [5.74, 6) is 1.23. The molecule has 194 valence electrons. The number of aromatic nitrogens is 1. The summed E-state index contributed by atoms with van der Waals surface area (Å²) in [4.78, 5) is 21.0. The fourth-order valence-electron chi connectivity index (χ4n) is 4.13. The Morgan fingerprint density at radius 3 is 2.20 bits per heavy atom. The van der Waals surface area contributed by atoms with Crippen molar-refractivity contribution < 1.29 is 19.8 Å². The predicted molar refractivity (Wildman–Crippen MR) is 146 cm³/mol. The number of hydrogen-bond acceptors (Lipinski definition) is 4. The van der Waals surface area contributed by atoms with E-state index >= 15 is 0 Å².